The number of nitrogens with zero attached hydrogens (tertiary/aromatic N) is 4. The van der Waals surface area contributed by atoms with Crippen LogP contribution in [0.1, 0.15) is 0 Å². The standard InChI is InChI=1S/C12H7N4/c13-16-11-7-3-6-10-12(11)15-9-5-2-1-4-8(9)14-10/h1-7H/q+1. The lowest BCUT2D eigenvalue weighted by Crippen LogP contribution is -1.86. The van der Waals surface area contributed by atoms with Crippen molar-refractivity contribution in [2.24, 2.45) is 0 Å². The Morgan fingerprint density at radius 1 is 0.812 bits per heavy atom. The van der Waals surface area contributed by atoms with E-state index in [1.54, 1.807) is 12.1 Å². The molecule has 0 fully saturated rings. The van der Waals surface area contributed by atoms with Crippen molar-refractivity contribution >= 4 is 27.8 Å². The first-order chi connectivity index (χ1) is 7.88. The second kappa shape index (κ2) is 3.24. The summed E-state index contributed by atoms with van der Waals surface area (Å²) < 4.78 is 0. The van der Waals surface area contributed by atoms with E-state index in [4.69, 9.17) is 5.39 Å². The lowest BCUT2D eigenvalue weighted by Gasteiger charge is -1.97. The summed E-state index contributed by atoms with van der Waals surface area (Å²) in [5, 5.41) is 8.86. The van der Waals surface area contributed by atoms with Crippen molar-refractivity contribution in [3.8, 4) is 0 Å². The fraction of sp³-hybridized carbons (Fsp3) is 0. The maximum atomic E-state index is 8.86. The van der Waals surface area contributed by atoms with E-state index in [-0.39, 0.29) is 0 Å². The van der Waals surface area contributed by atoms with Gasteiger partial charge in [0.1, 0.15) is 0 Å². The minimum Gasteiger partial charge on any atom is -0.244 e. The van der Waals surface area contributed by atoms with Gasteiger partial charge in [0, 0.05) is 6.07 Å². The van der Waals surface area contributed by atoms with Gasteiger partial charge in [-0.15, -0.1) is 0 Å². The van der Waals surface area contributed by atoms with Gasteiger partial charge in [0.15, 0.2) is 10.5 Å². The van der Waals surface area contributed by atoms with E-state index >= 15 is 0 Å². The Kier molecular flexibility index (Phi) is 1.77. The second-order valence-corrected chi connectivity index (χ2v) is 3.46. The number of benzene rings is 2. The Morgan fingerprint density at radius 2 is 1.50 bits per heavy atom. The summed E-state index contributed by atoms with van der Waals surface area (Å²) in [5.74, 6) is 0. The highest BCUT2D eigenvalue weighted by atomic mass is 14.9. The summed E-state index contributed by atoms with van der Waals surface area (Å²) in [6, 6.07) is 13.0. The molecule has 0 spiro atoms. The predicted octanol–water partition coefficient (Wildman–Crippen LogP) is 3.27. The Bertz CT molecular complexity index is 728. The first-order valence-electron chi connectivity index (χ1n) is 4.89. The van der Waals surface area contributed by atoms with Gasteiger partial charge in [-0.1, -0.05) is 18.2 Å². The van der Waals surface area contributed by atoms with Gasteiger partial charge in [-0.05, 0) is 18.2 Å². The van der Waals surface area contributed by atoms with Gasteiger partial charge in [-0.3, -0.25) is 0 Å². The highest BCUT2D eigenvalue weighted by molar-refractivity contribution is 5.93. The van der Waals surface area contributed by atoms with Crippen LogP contribution in [0.5, 0.6) is 0 Å². The topological polar surface area (TPSA) is 53.9 Å². The average molecular weight is 207 g/mol. The number of aromatic nitrogens is 2. The van der Waals surface area contributed by atoms with Crippen LogP contribution < -0.4 is 0 Å². The molecule has 4 heteroatoms. The molecule has 4 nitrogen and oxygen atoms in total. The van der Waals surface area contributed by atoms with Gasteiger partial charge in [-0.25, -0.2) is 9.97 Å². The third-order valence-electron chi connectivity index (χ3n) is 2.46. The van der Waals surface area contributed by atoms with Gasteiger partial charge in [0.2, 0.25) is 5.39 Å². The average Bonchev–Trinajstić information content (AvgIpc) is 2.35. The Labute approximate surface area is 91.2 Å². The second-order valence-electron chi connectivity index (χ2n) is 3.46. The van der Waals surface area contributed by atoms with Crippen LogP contribution in [-0.4, -0.2) is 9.97 Å². The zero-order valence-electron chi connectivity index (χ0n) is 8.33. The molecule has 74 valence electrons. The highest BCUT2D eigenvalue weighted by Crippen LogP contribution is 2.24. The third-order valence-corrected chi connectivity index (χ3v) is 2.46. The van der Waals surface area contributed by atoms with Gasteiger partial charge < -0.3 is 0 Å². The van der Waals surface area contributed by atoms with Crippen molar-refractivity contribution in [3.63, 3.8) is 0 Å². The van der Waals surface area contributed by atoms with E-state index in [0.29, 0.717) is 11.2 Å². The molecule has 16 heavy (non-hydrogen) atoms. The summed E-state index contributed by atoms with van der Waals surface area (Å²) >= 11 is 0. The summed E-state index contributed by atoms with van der Waals surface area (Å²) in [6.07, 6.45) is 0. The van der Waals surface area contributed by atoms with Gasteiger partial charge in [0.25, 0.3) is 0 Å². The monoisotopic (exact) mass is 207 g/mol. The van der Waals surface area contributed by atoms with Gasteiger partial charge >= 0.3 is 5.69 Å². The molecule has 3 aromatic rings. The molecule has 1 aromatic heterocycles. The van der Waals surface area contributed by atoms with Gasteiger partial charge in [-0.2, -0.15) is 0 Å². The van der Waals surface area contributed by atoms with Crippen molar-refractivity contribution in [2.45, 2.75) is 0 Å². The fourth-order valence-electron chi connectivity index (χ4n) is 1.71. The SMILES string of the molecule is N#[N+]c1cccc2nc3ccccc3nc12. The highest BCUT2D eigenvalue weighted by Gasteiger charge is 2.13. The molecule has 3 rings (SSSR count). The third kappa shape index (κ3) is 1.19. The smallest absolute Gasteiger partial charge is 0.244 e. The maximum absolute atomic E-state index is 8.86. The summed E-state index contributed by atoms with van der Waals surface area (Å²) in [6.45, 7) is 0. The molecule has 0 unspecified atom stereocenters. The van der Waals surface area contributed by atoms with Crippen LogP contribution in [-0.2, 0) is 0 Å². The molecule has 0 bridgehead atoms. The van der Waals surface area contributed by atoms with Crippen LogP contribution in [0.25, 0.3) is 27.0 Å². The molecule has 0 aliphatic carbocycles. The van der Waals surface area contributed by atoms with E-state index in [0.717, 1.165) is 16.6 Å². The lowest BCUT2D eigenvalue weighted by molar-refractivity contribution is 1.39. The number of rotatable bonds is 0. The Balaban J connectivity index is 2.52. The number of fused-ring (bicyclic) bond motifs is 2. The van der Waals surface area contributed by atoms with Crippen LogP contribution in [0.4, 0.5) is 5.69 Å². The number of para-hydroxylation sites is 3. The normalized spacial score (nSPS) is 10.4. The quantitative estimate of drug-likeness (QED) is 0.420. The summed E-state index contributed by atoms with van der Waals surface area (Å²) in [5.41, 5.74) is 3.42. The Hall–Kier alpha value is -2.54. The molecule has 0 saturated carbocycles. The summed E-state index contributed by atoms with van der Waals surface area (Å²) in [4.78, 5) is 12.1. The van der Waals surface area contributed by atoms with Crippen LogP contribution in [0.15, 0.2) is 42.5 Å². The molecule has 0 saturated heterocycles. The number of diazo groups is 1. The minimum atomic E-state index is 0.441. The predicted molar refractivity (Wildman–Crippen MR) is 61.8 cm³/mol. The first-order valence-corrected chi connectivity index (χ1v) is 4.89. The zero-order chi connectivity index (χ0) is 11.0. The molecule has 0 N–H and O–H groups in total. The van der Waals surface area contributed by atoms with E-state index in [1.807, 2.05) is 30.3 Å². The molecule has 1 heterocycles. The lowest BCUT2D eigenvalue weighted by atomic mass is 10.2. The van der Waals surface area contributed by atoms with E-state index in [2.05, 4.69) is 14.9 Å². The molecule has 0 aliphatic heterocycles. The van der Waals surface area contributed by atoms with Crippen molar-refractivity contribution < 1.29 is 0 Å². The van der Waals surface area contributed by atoms with E-state index in [1.165, 1.54) is 0 Å². The van der Waals surface area contributed by atoms with Crippen molar-refractivity contribution in [3.05, 3.63) is 47.4 Å². The van der Waals surface area contributed by atoms with E-state index < -0.39 is 0 Å². The molecule has 0 amide bonds. The minimum absolute atomic E-state index is 0.441. The molecular formula is C12H7N4+. The maximum Gasteiger partial charge on any atom is 0.412 e. The van der Waals surface area contributed by atoms with Crippen LogP contribution in [0.2, 0.25) is 0 Å². The first kappa shape index (κ1) is 8.74. The Morgan fingerprint density at radius 3 is 2.25 bits per heavy atom. The summed E-state index contributed by atoms with van der Waals surface area (Å²) in [7, 11) is 0. The zero-order valence-corrected chi connectivity index (χ0v) is 8.33. The molecular weight excluding hydrogens is 200 g/mol. The molecule has 0 atom stereocenters. The van der Waals surface area contributed by atoms with E-state index in [9.17, 15) is 0 Å². The van der Waals surface area contributed by atoms with Crippen molar-refractivity contribution in [2.75, 3.05) is 0 Å². The van der Waals surface area contributed by atoms with Crippen molar-refractivity contribution in [1.29, 1.82) is 5.39 Å². The van der Waals surface area contributed by atoms with Crippen LogP contribution in [0, 0.1) is 5.39 Å². The number of hydrogen-bond donors (Lipinski definition) is 0. The van der Waals surface area contributed by atoms with Crippen LogP contribution >= 0.6 is 0 Å². The number of hydrogen-bond acceptors (Lipinski definition) is 3. The fourth-order valence-corrected chi connectivity index (χ4v) is 1.71. The largest absolute Gasteiger partial charge is 0.412 e. The molecule has 0 radical (unpaired) electrons. The molecule has 0 aliphatic rings. The van der Waals surface area contributed by atoms with Gasteiger partial charge in [0.05, 0.1) is 16.6 Å². The van der Waals surface area contributed by atoms with Crippen molar-refractivity contribution in [1.82, 2.24) is 9.97 Å². The van der Waals surface area contributed by atoms with Crippen LogP contribution in [0.3, 0.4) is 0 Å². The molecule has 2 aromatic carbocycles.